The van der Waals surface area contributed by atoms with Gasteiger partial charge in [-0.05, 0) is 42.9 Å². The molecule has 0 radical (unpaired) electrons. The Balaban J connectivity index is 1.47. The quantitative estimate of drug-likeness (QED) is 0.905. The molecule has 2 atom stereocenters. The summed E-state index contributed by atoms with van der Waals surface area (Å²) in [4.78, 5) is 12.4. The molecule has 21 heavy (non-hydrogen) atoms. The third-order valence-corrected chi connectivity index (χ3v) is 4.90. The Morgan fingerprint density at radius 1 is 1.19 bits per heavy atom. The number of rotatable bonds is 3. The molecular weight excluding hydrogens is 262 g/mol. The van der Waals surface area contributed by atoms with Crippen molar-refractivity contribution in [2.75, 3.05) is 5.32 Å². The predicted molar refractivity (Wildman–Crippen MR) is 81.6 cm³/mol. The summed E-state index contributed by atoms with van der Waals surface area (Å²) in [5, 5.41) is 10.0. The number of anilines is 1. The van der Waals surface area contributed by atoms with Crippen molar-refractivity contribution in [2.45, 2.75) is 25.7 Å². The average Bonchev–Trinajstić information content (AvgIpc) is 2.98. The van der Waals surface area contributed by atoms with Crippen LogP contribution in [0.25, 0.3) is 11.3 Å². The van der Waals surface area contributed by atoms with E-state index >= 15 is 0 Å². The van der Waals surface area contributed by atoms with Crippen molar-refractivity contribution < 1.29 is 4.79 Å². The summed E-state index contributed by atoms with van der Waals surface area (Å²) in [7, 11) is 0. The summed E-state index contributed by atoms with van der Waals surface area (Å²) in [6.07, 6.45) is 6.78. The van der Waals surface area contributed by atoms with Crippen LogP contribution >= 0.6 is 0 Å². The minimum absolute atomic E-state index is 0.202. The van der Waals surface area contributed by atoms with E-state index in [9.17, 15) is 4.79 Å². The van der Waals surface area contributed by atoms with Crippen molar-refractivity contribution in [2.24, 2.45) is 17.8 Å². The average molecular weight is 281 g/mol. The molecule has 1 aromatic carbocycles. The van der Waals surface area contributed by atoms with Gasteiger partial charge in [-0.15, -0.1) is 0 Å². The van der Waals surface area contributed by atoms with E-state index in [0.717, 1.165) is 16.9 Å². The summed E-state index contributed by atoms with van der Waals surface area (Å²) in [5.74, 6) is 1.75. The van der Waals surface area contributed by atoms with E-state index in [1.54, 1.807) is 6.20 Å². The number of carbonyl (C=O) groups is 1. The number of aromatic nitrogens is 2. The van der Waals surface area contributed by atoms with Crippen molar-refractivity contribution in [1.29, 1.82) is 0 Å². The summed E-state index contributed by atoms with van der Waals surface area (Å²) >= 11 is 0. The van der Waals surface area contributed by atoms with Crippen molar-refractivity contribution in [3.63, 3.8) is 0 Å². The SMILES string of the molecule is O=C(Nc1cccc(-c2ccn[nH]2)c1)C1C2CCCCC21. The van der Waals surface area contributed by atoms with Gasteiger partial charge in [0.05, 0.1) is 5.69 Å². The fourth-order valence-electron chi connectivity index (χ4n) is 3.79. The van der Waals surface area contributed by atoms with Crippen LogP contribution < -0.4 is 5.32 Å². The zero-order valence-electron chi connectivity index (χ0n) is 11.9. The van der Waals surface area contributed by atoms with Gasteiger partial charge in [-0.25, -0.2) is 0 Å². The normalized spacial score (nSPS) is 27.0. The van der Waals surface area contributed by atoms with E-state index in [1.165, 1.54) is 25.7 Å². The van der Waals surface area contributed by atoms with Crippen LogP contribution in [-0.4, -0.2) is 16.1 Å². The Labute approximate surface area is 124 Å². The number of nitrogens with one attached hydrogen (secondary N) is 2. The molecule has 2 aliphatic carbocycles. The van der Waals surface area contributed by atoms with E-state index in [-0.39, 0.29) is 11.8 Å². The van der Waals surface area contributed by atoms with Crippen LogP contribution in [0, 0.1) is 17.8 Å². The standard InChI is InChI=1S/C17H19N3O/c21-17(16-13-6-1-2-7-14(13)16)19-12-5-3-4-11(10-12)15-8-9-18-20-15/h3-5,8-10,13-14,16H,1-2,6-7H2,(H,18,20)(H,19,21). The van der Waals surface area contributed by atoms with Crippen LogP contribution in [0.3, 0.4) is 0 Å². The Kier molecular flexibility index (Phi) is 3.02. The molecule has 2 unspecified atom stereocenters. The van der Waals surface area contributed by atoms with Gasteiger partial charge in [0, 0.05) is 23.4 Å². The highest BCUT2D eigenvalue weighted by Crippen LogP contribution is 2.55. The lowest BCUT2D eigenvalue weighted by molar-refractivity contribution is -0.117. The van der Waals surface area contributed by atoms with Crippen molar-refractivity contribution in [1.82, 2.24) is 10.2 Å². The Morgan fingerprint density at radius 3 is 2.71 bits per heavy atom. The Bertz CT molecular complexity index is 638. The van der Waals surface area contributed by atoms with E-state index in [4.69, 9.17) is 0 Å². The smallest absolute Gasteiger partial charge is 0.228 e. The van der Waals surface area contributed by atoms with Gasteiger partial charge in [0.15, 0.2) is 0 Å². The summed E-state index contributed by atoms with van der Waals surface area (Å²) in [6.45, 7) is 0. The molecule has 0 saturated heterocycles. The third kappa shape index (κ3) is 2.35. The molecule has 1 amide bonds. The number of hydrogen-bond acceptors (Lipinski definition) is 2. The molecule has 2 aliphatic rings. The zero-order valence-corrected chi connectivity index (χ0v) is 11.9. The maximum absolute atomic E-state index is 12.4. The van der Waals surface area contributed by atoms with Crippen LogP contribution in [0.4, 0.5) is 5.69 Å². The van der Waals surface area contributed by atoms with Gasteiger partial charge in [-0.2, -0.15) is 5.10 Å². The maximum Gasteiger partial charge on any atom is 0.228 e. The molecule has 2 N–H and O–H groups in total. The van der Waals surface area contributed by atoms with Crippen LogP contribution in [0.1, 0.15) is 25.7 Å². The van der Waals surface area contributed by atoms with Crippen LogP contribution in [0.15, 0.2) is 36.5 Å². The minimum Gasteiger partial charge on any atom is -0.326 e. The largest absolute Gasteiger partial charge is 0.326 e. The summed E-state index contributed by atoms with van der Waals surface area (Å²) in [6, 6.07) is 9.85. The van der Waals surface area contributed by atoms with Crippen LogP contribution in [-0.2, 0) is 4.79 Å². The number of amides is 1. The highest BCUT2D eigenvalue weighted by molar-refractivity contribution is 5.95. The van der Waals surface area contributed by atoms with Crippen LogP contribution in [0.5, 0.6) is 0 Å². The Morgan fingerprint density at radius 2 is 2.00 bits per heavy atom. The second-order valence-corrected chi connectivity index (χ2v) is 6.18. The van der Waals surface area contributed by atoms with E-state index in [1.807, 2.05) is 30.3 Å². The number of benzene rings is 1. The van der Waals surface area contributed by atoms with Gasteiger partial charge in [0.25, 0.3) is 0 Å². The molecule has 4 rings (SSSR count). The molecule has 2 saturated carbocycles. The molecule has 1 heterocycles. The number of hydrogen-bond donors (Lipinski definition) is 2. The molecular formula is C17H19N3O. The number of aromatic amines is 1. The molecule has 0 aliphatic heterocycles. The molecule has 2 aromatic rings. The molecule has 0 spiro atoms. The van der Waals surface area contributed by atoms with Crippen molar-refractivity contribution >= 4 is 11.6 Å². The topological polar surface area (TPSA) is 57.8 Å². The fraction of sp³-hybridized carbons (Fsp3) is 0.412. The van der Waals surface area contributed by atoms with Gasteiger partial charge < -0.3 is 5.32 Å². The molecule has 1 aromatic heterocycles. The Hall–Kier alpha value is -2.10. The summed E-state index contributed by atoms with van der Waals surface area (Å²) in [5.41, 5.74) is 2.88. The first kappa shape index (κ1) is 12.6. The first-order valence-corrected chi connectivity index (χ1v) is 7.73. The van der Waals surface area contributed by atoms with Crippen molar-refractivity contribution in [3.05, 3.63) is 36.5 Å². The fourth-order valence-corrected chi connectivity index (χ4v) is 3.79. The lowest BCUT2D eigenvalue weighted by atomic mass is 10.0. The monoisotopic (exact) mass is 281 g/mol. The first-order chi connectivity index (χ1) is 10.3. The van der Waals surface area contributed by atoms with Gasteiger partial charge in [-0.1, -0.05) is 25.0 Å². The number of carbonyl (C=O) groups excluding carboxylic acids is 1. The summed E-state index contributed by atoms with van der Waals surface area (Å²) < 4.78 is 0. The van der Waals surface area contributed by atoms with Gasteiger partial charge >= 0.3 is 0 Å². The van der Waals surface area contributed by atoms with E-state index in [0.29, 0.717) is 11.8 Å². The maximum atomic E-state index is 12.4. The lowest BCUT2D eigenvalue weighted by Crippen LogP contribution is -2.15. The highest BCUT2D eigenvalue weighted by Gasteiger charge is 2.54. The highest BCUT2D eigenvalue weighted by atomic mass is 16.2. The molecule has 2 fully saturated rings. The molecule has 108 valence electrons. The van der Waals surface area contributed by atoms with Crippen LogP contribution in [0.2, 0.25) is 0 Å². The predicted octanol–water partition coefficient (Wildman–Crippen LogP) is 3.45. The second kappa shape index (κ2) is 5.02. The molecule has 4 nitrogen and oxygen atoms in total. The van der Waals surface area contributed by atoms with Gasteiger partial charge in [0.2, 0.25) is 5.91 Å². The van der Waals surface area contributed by atoms with Crippen molar-refractivity contribution in [3.8, 4) is 11.3 Å². The van der Waals surface area contributed by atoms with Gasteiger partial charge in [-0.3, -0.25) is 9.89 Å². The second-order valence-electron chi connectivity index (χ2n) is 6.18. The molecule has 0 bridgehead atoms. The third-order valence-electron chi connectivity index (χ3n) is 4.90. The minimum atomic E-state index is 0.202. The van der Waals surface area contributed by atoms with E-state index < -0.39 is 0 Å². The zero-order chi connectivity index (χ0) is 14.2. The first-order valence-electron chi connectivity index (χ1n) is 7.73. The molecule has 4 heteroatoms. The number of nitrogens with zero attached hydrogens (tertiary/aromatic N) is 1. The lowest BCUT2D eigenvalue weighted by Gasteiger charge is -2.06. The number of H-pyrrole nitrogens is 1. The van der Waals surface area contributed by atoms with E-state index in [2.05, 4.69) is 15.5 Å². The number of fused-ring (bicyclic) bond motifs is 1. The van der Waals surface area contributed by atoms with Gasteiger partial charge in [0.1, 0.15) is 0 Å².